The van der Waals surface area contributed by atoms with E-state index in [9.17, 15) is 43.2 Å². The molecule has 0 fully saturated rings. The monoisotopic (exact) mass is 1420 g/mol. The number of allylic oxidation sites excluding steroid dienone is 16. The van der Waals surface area contributed by atoms with E-state index in [-0.39, 0.29) is 25.7 Å². The van der Waals surface area contributed by atoms with Gasteiger partial charge in [0.1, 0.15) is 19.3 Å². The van der Waals surface area contributed by atoms with Crippen molar-refractivity contribution < 1.29 is 80.2 Å². The fraction of sp³-hybridized carbons (Fsp3) is 0.747. The van der Waals surface area contributed by atoms with E-state index in [0.29, 0.717) is 32.1 Å². The zero-order valence-electron chi connectivity index (χ0n) is 61.7. The summed E-state index contributed by atoms with van der Waals surface area (Å²) in [5.74, 6) is -2.27. The van der Waals surface area contributed by atoms with Crippen LogP contribution in [0, 0.1) is 0 Å². The van der Waals surface area contributed by atoms with E-state index in [2.05, 4.69) is 113 Å². The minimum absolute atomic E-state index is 0.0175. The van der Waals surface area contributed by atoms with Gasteiger partial charge in [0, 0.05) is 25.7 Å². The van der Waals surface area contributed by atoms with E-state index in [1.807, 2.05) is 12.2 Å². The lowest BCUT2D eigenvalue weighted by Gasteiger charge is -2.21. The van der Waals surface area contributed by atoms with E-state index < -0.39 is 97.5 Å². The molecule has 0 amide bonds. The average Bonchev–Trinajstić information content (AvgIpc) is 1.02. The third-order valence-electron chi connectivity index (χ3n) is 16.0. The zero-order valence-corrected chi connectivity index (χ0v) is 63.5. The molecule has 3 N–H and O–H groups in total. The van der Waals surface area contributed by atoms with Crippen molar-refractivity contribution in [2.75, 3.05) is 39.6 Å². The number of unbranched alkanes of at least 4 members (excludes halogenated alkanes) is 31. The zero-order chi connectivity index (χ0) is 71.8. The number of carbonyl (C=O) groups is 4. The van der Waals surface area contributed by atoms with E-state index in [4.69, 9.17) is 37.0 Å². The van der Waals surface area contributed by atoms with Crippen LogP contribution in [0.4, 0.5) is 0 Å². The molecule has 0 aromatic heterocycles. The van der Waals surface area contributed by atoms with E-state index in [1.165, 1.54) is 96.3 Å². The Labute approximate surface area is 595 Å². The number of ether oxygens (including phenoxy) is 4. The maximum Gasteiger partial charge on any atom is 0.472 e. The second-order valence-electron chi connectivity index (χ2n) is 25.6. The van der Waals surface area contributed by atoms with E-state index in [0.717, 1.165) is 141 Å². The van der Waals surface area contributed by atoms with Crippen molar-refractivity contribution in [3.05, 3.63) is 97.2 Å². The third kappa shape index (κ3) is 70.4. The quantitative estimate of drug-likeness (QED) is 0.0128. The number of carbonyl (C=O) groups excluding carboxylic acids is 4. The Morgan fingerprint density at radius 2 is 0.541 bits per heavy atom. The molecule has 0 aliphatic carbocycles. The van der Waals surface area contributed by atoms with Crippen molar-refractivity contribution in [3.63, 3.8) is 0 Å². The number of aliphatic hydroxyl groups is 1. The molecule has 0 heterocycles. The number of phosphoric ester groups is 2. The van der Waals surface area contributed by atoms with Gasteiger partial charge in [0.2, 0.25) is 0 Å². The Kier molecular flexibility index (Phi) is 68.4. The van der Waals surface area contributed by atoms with E-state index >= 15 is 0 Å². The summed E-state index contributed by atoms with van der Waals surface area (Å²) in [5.41, 5.74) is 0. The minimum atomic E-state index is -4.99. The van der Waals surface area contributed by atoms with Crippen molar-refractivity contribution >= 4 is 39.5 Å². The van der Waals surface area contributed by atoms with Crippen LogP contribution in [0.3, 0.4) is 0 Å². The van der Waals surface area contributed by atoms with Crippen molar-refractivity contribution in [1.82, 2.24) is 0 Å². The number of rotatable bonds is 72. The summed E-state index contributed by atoms with van der Waals surface area (Å²) in [6, 6.07) is 0. The lowest BCUT2D eigenvalue weighted by molar-refractivity contribution is -0.161. The summed E-state index contributed by atoms with van der Waals surface area (Å²) in [4.78, 5) is 72.8. The topological polar surface area (TPSA) is 237 Å². The van der Waals surface area contributed by atoms with Crippen LogP contribution in [-0.4, -0.2) is 96.7 Å². The molecule has 19 heteroatoms. The summed E-state index contributed by atoms with van der Waals surface area (Å²) in [6.45, 7) is 4.71. The van der Waals surface area contributed by atoms with Crippen LogP contribution in [0.1, 0.15) is 323 Å². The summed E-state index contributed by atoms with van der Waals surface area (Å²) in [6.07, 6.45) is 74.0. The van der Waals surface area contributed by atoms with Crippen LogP contribution in [0.5, 0.6) is 0 Å². The predicted molar refractivity (Wildman–Crippen MR) is 399 cm³/mol. The third-order valence-corrected chi connectivity index (χ3v) is 17.9. The molecule has 0 aliphatic heterocycles. The minimum Gasteiger partial charge on any atom is -0.462 e. The van der Waals surface area contributed by atoms with Gasteiger partial charge in [0.15, 0.2) is 12.2 Å². The fourth-order valence-electron chi connectivity index (χ4n) is 10.1. The number of hydrogen-bond acceptors (Lipinski definition) is 15. The van der Waals surface area contributed by atoms with Gasteiger partial charge in [-0.2, -0.15) is 0 Å². The first kappa shape index (κ1) is 94.0. The van der Waals surface area contributed by atoms with Crippen molar-refractivity contribution in [2.24, 2.45) is 0 Å². The Morgan fingerprint density at radius 1 is 0.296 bits per heavy atom. The average molecular weight is 1420 g/mol. The molecule has 0 spiro atoms. The molecule has 98 heavy (non-hydrogen) atoms. The summed E-state index contributed by atoms with van der Waals surface area (Å²) in [7, 11) is -9.97. The maximum atomic E-state index is 13.1. The van der Waals surface area contributed by atoms with Crippen LogP contribution in [-0.2, 0) is 65.4 Å². The van der Waals surface area contributed by atoms with Crippen LogP contribution < -0.4 is 0 Å². The first-order valence-electron chi connectivity index (χ1n) is 38.5. The summed E-state index contributed by atoms with van der Waals surface area (Å²) in [5, 5.41) is 10.6. The van der Waals surface area contributed by atoms with Gasteiger partial charge in [-0.25, -0.2) is 9.13 Å². The molecule has 0 aliphatic rings. The van der Waals surface area contributed by atoms with Gasteiger partial charge in [0.25, 0.3) is 0 Å². The standard InChI is InChI=1S/C79H138O17P2/c1-5-9-13-17-21-25-29-33-35-36-38-42-46-50-54-58-62-66-79(84)96-75(69-89-76(81)63-59-55-51-47-43-39-31-27-23-19-15-11-7-3)72-94-98(87,88)92-68-73(80)67-91-97(85,86)93-71-74(95-78(83)65-61-57-53-49-45-40-32-28-24-20-16-12-8-4)70-90-77(82)64-60-56-52-48-44-41-37-34-30-26-22-18-14-10-6-2/h21,25-28,30-35,37-38,42,50,54,73-75,80H,5-20,22-24,29,36,39-41,43-49,51-53,55-72H2,1-4H3,(H,85,86)(H,87,88)/b25-21-,30-26-,31-27-,32-28-,35-33-,37-34-,42-38-,54-50-/t73-,74+,75+/m0/s1. The lowest BCUT2D eigenvalue weighted by atomic mass is 10.1. The highest BCUT2D eigenvalue weighted by Crippen LogP contribution is 2.45. The Morgan fingerprint density at radius 3 is 0.898 bits per heavy atom. The molecule has 0 bridgehead atoms. The van der Waals surface area contributed by atoms with Gasteiger partial charge in [-0.15, -0.1) is 0 Å². The number of esters is 4. The van der Waals surface area contributed by atoms with Gasteiger partial charge in [-0.05, 0) is 141 Å². The van der Waals surface area contributed by atoms with Crippen LogP contribution in [0.2, 0.25) is 0 Å². The Hall–Kier alpha value is -4.02. The number of phosphoric acid groups is 2. The molecule has 566 valence electrons. The highest BCUT2D eigenvalue weighted by Gasteiger charge is 2.30. The van der Waals surface area contributed by atoms with Crippen LogP contribution in [0.15, 0.2) is 97.2 Å². The molecular weight excluding hydrogens is 1280 g/mol. The lowest BCUT2D eigenvalue weighted by Crippen LogP contribution is -2.30. The molecule has 0 aromatic rings. The number of hydrogen-bond donors (Lipinski definition) is 3. The second kappa shape index (κ2) is 71.4. The second-order valence-corrected chi connectivity index (χ2v) is 28.5. The van der Waals surface area contributed by atoms with Crippen molar-refractivity contribution in [1.29, 1.82) is 0 Å². The molecule has 0 saturated carbocycles. The molecule has 0 rings (SSSR count). The summed E-state index contributed by atoms with van der Waals surface area (Å²) >= 11 is 0. The first-order valence-corrected chi connectivity index (χ1v) is 41.5. The molecule has 2 unspecified atom stereocenters. The largest absolute Gasteiger partial charge is 0.472 e. The molecule has 0 saturated heterocycles. The molecule has 0 aromatic carbocycles. The van der Waals surface area contributed by atoms with Gasteiger partial charge in [-0.1, -0.05) is 253 Å². The normalized spacial score (nSPS) is 14.5. The van der Waals surface area contributed by atoms with Crippen molar-refractivity contribution in [3.8, 4) is 0 Å². The molecule has 0 radical (unpaired) electrons. The predicted octanol–water partition coefficient (Wildman–Crippen LogP) is 22.0. The highest BCUT2D eigenvalue weighted by molar-refractivity contribution is 7.47. The molecular formula is C79H138O17P2. The Bertz CT molecular complexity index is 2240. The molecule has 5 atom stereocenters. The van der Waals surface area contributed by atoms with Gasteiger partial charge < -0.3 is 33.8 Å². The maximum absolute atomic E-state index is 13.1. The molecule has 17 nitrogen and oxygen atoms in total. The van der Waals surface area contributed by atoms with Gasteiger partial charge in [0.05, 0.1) is 26.4 Å². The number of aliphatic hydroxyl groups excluding tert-OH is 1. The Balaban J connectivity index is 5.41. The van der Waals surface area contributed by atoms with Gasteiger partial charge >= 0.3 is 39.5 Å². The fourth-order valence-corrected chi connectivity index (χ4v) is 11.7. The van der Waals surface area contributed by atoms with E-state index in [1.54, 1.807) is 0 Å². The van der Waals surface area contributed by atoms with Crippen molar-refractivity contribution in [2.45, 2.75) is 341 Å². The smallest absolute Gasteiger partial charge is 0.462 e. The summed E-state index contributed by atoms with van der Waals surface area (Å²) < 4.78 is 68.4. The highest BCUT2D eigenvalue weighted by atomic mass is 31.2. The van der Waals surface area contributed by atoms with Crippen LogP contribution in [0.25, 0.3) is 0 Å². The van der Waals surface area contributed by atoms with Gasteiger partial charge in [-0.3, -0.25) is 37.3 Å². The first-order chi connectivity index (χ1) is 47.7. The SMILES string of the molecule is CCCCC/C=C\C/C=C\C/C=C\C/C=C\CCCC(=O)O[C@H](COC(=O)CCCCCCC/C=C\CCCCCC)COP(=O)(O)OC[C@@H](O)COP(=O)(O)OC[C@@H](COC(=O)CCCCCCC/C=C\C=C/CCCCCC)OC(=O)CCCCCCC/C=C\CCCCCC. The van der Waals surface area contributed by atoms with Crippen LogP contribution >= 0.6 is 15.6 Å².